The van der Waals surface area contributed by atoms with E-state index in [0.29, 0.717) is 11.1 Å². The highest BCUT2D eigenvalue weighted by Crippen LogP contribution is 2.42. The standard InChI is InChI=1S/C44H26N4/c45-27-31-24-38(29-12-3-1-4-13-29)43(26-32(31)28-46)48-40-20-10-8-17-37(40)44-34(18-11-21-41(44)48)30-22-23-36-35-16-7-9-19-39(35)47(42(36)25-30)33-14-5-2-6-15-33/h1-26H. The molecule has 4 nitrogen and oxygen atoms in total. The molecule has 48 heavy (non-hydrogen) atoms. The van der Waals surface area contributed by atoms with Gasteiger partial charge in [0.05, 0.1) is 38.9 Å². The molecule has 0 saturated heterocycles. The third-order valence-electron chi connectivity index (χ3n) is 9.40. The van der Waals surface area contributed by atoms with Crippen LogP contribution in [0.25, 0.3) is 77.2 Å². The fraction of sp³-hybridized carbons (Fsp3) is 0. The number of hydrogen-bond donors (Lipinski definition) is 0. The number of benzene rings is 7. The molecular formula is C44H26N4. The van der Waals surface area contributed by atoms with Crippen LogP contribution in [0.15, 0.2) is 158 Å². The number of hydrogen-bond acceptors (Lipinski definition) is 2. The third-order valence-corrected chi connectivity index (χ3v) is 9.40. The van der Waals surface area contributed by atoms with Gasteiger partial charge in [0.2, 0.25) is 0 Å². The summed E-state index contributed by atoms with van der Waals surface area (Å²) in [5.74, 6) is 0. The number of rotatable bonds is 4. The van der Waals surface area contributed by atoms with Gasteiger partial charge in [-0.25, -0.2) is 0 Å². The predicted molar refractivity (Wildman–Crippen MR) is 195 cm³/mol. The van der Waals surface area contributed by atoms with Crippen LogP contribution in [0.3, 0.4) is 0 Å². The van der Waals surface area contributed by atoms with Crippen molar-refractivity contribution < 1.29 is 0 Å². The number of fused-ring (bicyclic) bond motifs is 6. The van der Waals surface area contributed by atoms with Crippen LogP contribution in [0.5, 0.6) is 0 Å². The van der Waals surface area contributed by atoms with Crippen molar-refractivity contribution >= 4 is 43.6 Å². The van der Waals surface area contributed by atoms with Gasteiger partial charge in [0.25, 0.3) is 0 Å². The molecule has 0 unspecified atom stereocenters. The second-order valence-electron chi connectivity index (χ2n) is 12.0. The molecule has 0 saturated carbocycles. The summed E-state index contributed by atoms with van der Waals surface area (Å²) in [5.41, 5.74) is 11.2. The Balaban J connectivity index is 1.36. The lowest BCUT2D eigenvalue weighted by atomic mass is 9.97. The van der Waals surface area contributed by atoms with E-state index in [-0.39, 0.29) is 0 Å². The Hall–Kier alpha value is -6.88. The third kappa shape index (κ3) is 4.07. The van der Waals surface area contributed by atoms with Crippen LogP contribution in [0.4, 0.5) is 0 Å². The fourth-order valence-electron chi connectivity index (χ4n) is 7.32. The molecule has 7 aromatic carbocycles. The van der Waals surface area contributed by atoms with Crippen LogP contribution in [0, 0.1) is 22.7 Å². The molecular weight excluding hydrogens is 585 g/mol. The molecule has 2 heterocycles. The molecule has 0 aliphatic heterocycles. The van der Waals surface area contributed by atoms with Crippen LogP contribution in [-0.4, -0.2) is 9.13 Å². The van der Waals surface area contributed by atoms with Crippen molar-refractivity contribution in [3.63, 3.8) is 0 Å². The highest BCUT2D eigenvalue weighted by molar-refractivity contribution is 6.17. The Kier molecular flexibility index (Phi) is 6.22. The molecule has 0 spiro atoms. The van der Waals surface area contributed by atoms with E-state index in [2.05, 4.69) is 137 Å². The zero-order valence-corrected chi connectivity index (χ0v) is 25.8. The second kappa shape index (κ2) is 10.9. The minimum atomic E-state index is 0.355. The lowest BCUT2D eigenvalue weighted by molar-refractivity contribution is 1.17. The minimum absolute atomic E-state index is 0.355. The van der Waals surface area contributed by atoms with Gasteiger partial charge in [-0.05, 0) is 65.2 Å². The summed E-state index contributed by atoms with van der Waals surface area (Å²) in [6.45, 7) is 0. The largest absolute Gasteiger partial charge is 0.309 e. The Morgan fingerprint density at radius 2 is 1.00 bits per heavy atom. The van der Waals surface area contributed by atoms with Crippen molar-refractivity contribution in [3.8, 4) is 45.8 Å². The highest BCUT2D eigenvalue weighted by atomic mass is 15.0. The zero-order chi connectivity index (χ0) is 32.2. The van der Waals surface area contributed by atoms with Gasteiger partial charge in [0.15, 0.2) is 0 Å². The molecule has 0 bridgehead atoms. The molecule has 0 amide bonds. The van der Waals surface area contributed by atoms with Crippen molar-refractivity contribution in [3.05, 3.63) is 169 Å². The number of para-hydroxylation sites is 3. The van der Waals surface area contributed by atoms with Crippen molar-refractivity contribution in [2.75, 3.05) is 0 Å². The first-order chi connectivity index (χ1) is 23.7. The number of aromatic nitrogens is 2. The molecule has 0 aliphatic carbocycles. The average Bonchev–Trinajstić information content (AvgIpc) is 3.67. The van der Waals surface area contributed by atoms with Crippen molar-refractivity contribution in [2.45, 2.75) is 0 Å². The lowest BCUT2D eigenvalue weighted by Crippen LogP contribution is -2.00. The maximum atomic E-state index is 10.1. The molecule has 9 rings (SSSR count). The quantitative estimate of drug-likeness (QED) is 0.199. The van der Waals surface area contributed by atoms with Gasteiger partial charge in [-0.3, -0.25) is 0 Å². The fourth-order valence-corrected chi connectivity index (χ4v) is 7.32. The van der Waals surface area contributed by atoms with E-state index in [0.717, 1.165) is 61.0 Å². The van der Waals surface area contributed by atoms with Crippen LogP contribution in [0.1, 0.15) is 11.1 Å². The summed E-state index contributed by atoms with van der Waals surface area (Å²) in [4.78, 5) is 0. The van der Waals surface area contributed by atoms with Gasteiger partial charge in [0, 0.05) is 32.8 Å². The Labute approximate surface area is 277 Å². The number of nitrogens with zero attached hydrogens (tertiary/aromatic N) is 4. The molecule has 0 N–H and O–H groups in total. The monoisotopic (exact) mass is 610 g/mol. The topological polar surface area (TPSA) is 57.4 Å². The van der Waals surface area contributed by atoms with E-state index < -0.39 is 0 Å². The van der Waals surface area contributed by atoms with Gasteiger partial charge in [-0.15, -0.1) is 0 Å². The molecule has 0 aliphatic rings. The van der Waals surface area contributed by atoms with Crippen LogP contribution < -0.4 is 0 Å². The SMILES string of the molecule is N#Cc1cc(-c2ccccc2)c(-n2c3ccccc3c3c(-c4ccc5c6ccccc6n(-c6ccccc6)c5c4)cccc32)cc1C#N. The van der Waals surface area contributed by atoms with Crippen molar-refractivity contribution in [1.82, 2.24) is 9.13 Å². The normalized spacial score (nSPS) is 11.3. The highest BCUT2D eigenvalue weighted by Gasteiger charge is 2.21. The van der Waals surface area contributed by atoms with Crippen LogP contribution in [0.2, 0.25) is 0 Å². The Morgan fingerprint density at radius 1 is 0.396 bits per heavy atom. The predicted octanol–water partition coefficient (Wildman–Crippen LogP) is 11.0. The summed E-state index contributed by atoms with van der Waals surface area (Å²) < 4.78 is 4.60. The lowest BCUT2D eigenvalue weighted by Gasteiger charge is -2.16. The van der Waals surface area contributed by atoms with E-state index in [1.165, 1.54) is 16.3 Å². The number of nitriles is 2. The Bertz CT molecular complexity index is 2790. The Morgan fingerprint density at radius 3 is 1.75 bits per heavy atom. The first-order valence-electron chi connectivity index (χ1n) is 15.9. The van der Waals surface area contributed by atoms with Gasteiger partial charge in [-0.1, -0.05) is 109 Å². The van der Waals surface area contributed by atoms with E-state index in [1.54, 1.807) is 0 Å². The minimum Gasteiger partial charge on any atom is -0.309 e. The molecule has 4 heteroatoms. The van der Waals surface area contributed by atoms with Crippen LogP contribution >= 0.6 is 0 Å². The maximum absolute atomic E-state index is 10.1. The van der Waals surface area contributed by atoms with Gasteiger partial charge in [0.1, 0.15) is 12.1 Å². The first kappa shape index (κ1) is 27.4. The molecule has 9 aromatic rings. The smallest absolute Gasteiger partial charge is 0.101 e. The average molecular weight is 611 g/mol. The van der Waals surface area contributed by atoms with E-state index in [9.17, 15) is 10.5 Å². The molecule has 0 fully saturated rings. The zero-order valence-electron chi connectivity index (χ0n) is 25.8. The molecule has 222 valence electrons. The molecule has 2 aromatic heterocycles. The first-order valence-corrected chi connectivity index (χ1v) is 15.9. The van der Waals surface area contributed by atoms with Crippen molar-refractivity contribution in [1.29, 1.82) is 10.5 Å². The summed E-state index contributed by atoms with van der Waals surface area (Å²) >= 11 is 0. The van der Waals surface area contributed by atoms with E-state index in [1.807, 2.05) is 42.5 Å². The van der Waals surface area contributed by atoms with Gasteiger partial charge >= 0.3 is 0 Å². The van der Waals surface area contributed by atoms with E-state index in [4.69, 9.17) is 0 Å². The van der Waals surface area contributed by atoms with Gasteiger partial charge in [-0.2, -0.15) is 10.5 Å². The maximum Gasteiger partial charge on any atom is 0.101 e. The summed E-state index contributed by atoms with van der Waals surface area (Å²) in [5, 5.41) is 24.7. The summed E-state index contributed by atoms with van der Waals surface area (Å²) in [6, 6.07) is 59.1. The van der Waals surface area contributed by atoms with Gasteiger partial charge < -0.3 is 9.13 Å². The summed E-state index contributed by atoms with van der Waals surface area (Å²) in [6.07, 6.45) is 0. The van der Waals surface area contributed by atoms with Crippen LogP contribution in [-0.2, 0) is 0 Å². The molecule has 0 atom stereocenters. The summed E-state index contributed by atoms with van der Waals surface area (Å²) in [7, 11) is 0. The molecule has 0 radical (unpaired) electrons. The second-order valence-corrected chi connectivity index (χ2v) is 12.0. The van der Waals surface area contributed by atoms with E-state index >= 15 is 0 Å². The van der Waals surface area contributed by atoms with Crippen molar-refractivity contribution in [2.24, 2.45) is 0 Å².